The summed E-state index contributed by atoms with van der Waals surface area (Å²) in [5.41, 5.74) is 2.45. The van der Waals surface area contributed by atoms with Gasteiger partial charge in [-0.1, -0.05) is 11.6 Å². The summed E-state index contributed by atoms with van der Waals surface area (Å²) >= 11 is 0. The third kappa shape index (κ3) is 2.46. The van der Waals surface area contributed by atoms with Crippen LogP contribution in [0.4, 0.5) is 0 Å². The van der Waals surface area contributed by atoms with Crippen molar-refractivity contribution in [3.8, 4) is 0 Å². The van der Waals surface area contributed by atoms with Gasteiger partial charge >= 0.3 is 0 Å². The number of nitrogens with one attached hydrogen (secondary N) is 2. The summed E-state index contributed by atoms with van der Waals surface area (Å²) in [6, 6.07) is 5.91. The number of carbonyl (C=O) groups is 1. The van der Waals surface area contributed by atoms with Gasteiger partial charge in [-0.25, -0.2) is 0 Å². The van der Waals surface area contributed by atoms with Crippen LogP contribution >= 0.6 is 0 Å². The van der Waals surface area contributed by atoms with Gasteiger partial charge in [0.25, 0.3) is 5.91 Å². The van der Waals surface area contributed by atoms with Crippen molar-refractivity contribution in [1.82, 2.24) is 15.5 Å². The lowest BCUT2D eigenvalue weighted by Gasteiger charge is -2.09. The fourth-order valence-electron chi connectivity index (χ4n) is 2.40. The Labute approximate surface area is 111 Å². The summed E-state index contributed by atoms with van der Waals surface area (Å²) in [7, 11) is 0. The second-order valence-electron chi connectivity index (χ2n) is 4.97. The van der Waals surface area contributed by atoms with Gasteiger partial charge in [-0.05, 0) is 31.9 Å². The first-order valence-electron chi connectivity index (χ1n) is 6.58. The van der Waals surface area contributed by atoms with Crippen molar-refractivity contribution in [2.75, 3.05) is 13.2 Å². The number of H-pyrrole nitrogens is 1. The van der Waals surface area contributed by atoms with Crippen molar-refractivity contribution in [3.63, 3.8) is 0 Å². The van der Waals surface area contributed by atoms with Crippen molar-refractivity contribution in [2.24, 2.45) is 0 Å². The number of aryl methyl sites for hydroxylation is 1. The minimum atomic E-state index is -0.146. The molecule has 1 saturated heterocycles. The molecule has 5 heteroatoms. The van der Waals surface area contributed by atoms with E-state index < -0.39 is 0 Å². The number of carbonyl (C=O) groups excluding carboxylic acids is 1. The van der Waals surface area contributed by atoms with Crippen LogP contribution in [0.2, 0.25) is 0 Å². The lowest BCUT2D eigenvalue weighted by Crippen LogP contribution is -2.32. The second kappa shape index (κ2) is 5.01. The molecule has 1 atom stereocenters. The molecular weight excluding hydrogens is 242 g/mol. The van der Waals surface area contributed by atoms with Crippen LogP contribution in [0.15, 0.2) is 18.2 Å². The lowest BCUT2D eigenvalue weighted by atomic mass is 10.1. The van der Waals surface area contributed by atoms with Gasteiger partial charge in [0.2, 0.25) is 0 Å². The van der Waals surface area contributed by atoms with E-state index in [1.165, 1.54) is 0 Å². The van der Waals surface area contributed by atoms with Crippen LogP contribution in [0.5, 0.6) is 0 Å². The smallest absolute Gasteiger partial charge is 0.272 e. The van der Waals surface area contributed by atoms with Gasteiger partial charge in [0.1, 0.15) is 0 Å². The number of hydrogen-bond donors (Lipinski definition) is 2. The zero-order valence-corrected chi connectivity index (χ0v) is 10.9. The summed E-state index contributed by atoms with van der Waals surface area (Å²) in [6.45, 7) is 3.35. The molecule has 1 aliphatic rings. The van der Waals surface area contributed by atoms with Crippen LogP contribution in [0, 0.1) is 6.92 Å². The molecule has 1 unspecified atom stereocenters. The highest BCUT2D eigenvalue weighted by atomic mass is 16.5. The van der Waals surface area contributed by atoms with Gasteiger partial charge in [-0.2, -0.15) is 5.10 Å². The third-order valence-electron chi connectivity index (χ3n) is 3.45. The minimum absolute atomic E-state index is 0.146. The monoisotopic (exact) mass is 259 g/mol. The van der Waals surface area contributed by atoms with Crippen LogP contribution in [0.1, 0.15) is 28.9 Å². The summed E-state index contributed by atoms with van der Waals surface area (Å²) in [6.07, 6.45) is 2.24. The van der Waals surface area contributed by atoms with Gasteiger partial charge in [-0.15, -0.1) is 0 Å². The Bertz CT molecular complexity index is 600. The predicted molar refractivity (Wildman–Crippen MR) is 72.1 cm³/mol. The number of amides is 1. The first kappa shape index (κ1) is 12.2. The number of nitrogens with zero attached hydrogens (tertiary/aromatic N) is 1. The molecule has 1 aliphatic heterocycles. The molecule has 100 valence electrons. The lowest BCUT2D eigenvalue weighted by molar-refractivity contribution is 0.0855. The molecule has 0 spiro atoms. The fourth-order valence-corrected chi connectivity index (χ4v) is 2.40. The molecule has 3 rings (SSSR count). The second-order valence-corrected chi connectivity index (χ2v) is 4.97. The predicted octanol–water partition coefficient (Wildman–Crippen LogP) is 1.78. The highest BCUT2D eigenvalue weighted by Gasteiger charge is 2.19. The van der Waals surface area contributed by atoms with E-state index in [1.54, 1.807) is 0 Å². The highest BCUT2D eigenvalue weighted by molar-refractivity contribution is 6.04. The summed E-state index contributed by atoms with van der Waals surface area (Å²) in [5, 5.41) is 10.7. The average Bonchev–Trinajstić information content (AvgIpc) is 3.04. The van der Waals surface area contributed by atoms with Gasteiger partial charge in [0.05, 0.1) is 11.6 Å². The summed E-state index contributed by atoms with van der Waals surface area (Å²) in [5.74, 6) is -0.146. The Morgan fingerprint density at radius 3 is 3.26 bits per heavy atom. The maximum absolute atomic E-state index is 12.1. The fraction of sp³-hybridized carbons (Fsp3) is 0.429. The number of aromatic nitrogens is 2. The maximum atomic E-state index is 12.1. The van der Waals surface area contributed by atoms with Gasteiger partial charge < -0.3 is 10.1 Å². The highest BCUT2D eigenvalue weighted by Crippen LogP contribution is 2.17. The molecule has 1 aromatic carbocycles. The van der Waals surface area contributed by atoms with Crippen molar-refractivity contribution >= 4 is 16.8 Å². The number of ether oxygens (including phenoxy) is 1. The zero-order chi connectivity index (χ0) is 13.2. The van der Waals surface area contributed by atoms with Crippen molar-refractivity contribution < 1.29 is 9.53 Å². The van der Waals surface area contributed by atoms with E-state index in [9.17, 15) is 4.79 Å². The van der Waals surface area contributed by atoms with Crippen molar-refractivity contribution in [1.29, 1.82) is 0 Å². The Balaban J connectivity index is 1.75. The van der Waals surface area contributed by atoms with Crippen LogP contribution in [-0.2, 0) is 4.74 Å². The Morgan fingerprint density at radius 2 is 2.47 bits per heavy atom. The average molecular weight is 259 g/mol. The van der Waals surface area contributed by atoms with Crippen LogP contribution < -0.4 is 5.32 Å². The molecule has 0 saturated carbocycles. The number of benzene rings is 1. The number of rotatable bonds is 3. The molecule has 1 aromatic heterocycles. The van der Waals surface area contributed by atoms with E-state index in [1.807, 2.05) is 25.1 Å². The van der Waals surface area contributed by atoms with E-state index >= 15 is 0 Å². The van der Waals surface area contributed by atoms with E-state index in [4.69, 9.17) is 4.74 Å². The quantitative estimate of drug-likeness (QED) is 0.883. The maximum Gasteiger partial charge on any atom is 0.272 e. The van der Waals surface area contributed by atoms with Gasteiger partial charge in [0.15, 0.2) is 5.69 Å². The van der Waals surface area contributed by atoms with Gasteiger partial charge in [0, 0.05) is 18.5 Å². The molecular formula is C14H17N3O2. The largest absolute Gasteiger partial charge is 0.376 e. The Morgan fingerprint density at radius 1 is 1.58 bits per heavy atom. The van der Waals surface area contributed by atoms with Crippen LogP contribution in [-0.4, -0.2) is 35.4 Å². The van der Waals surface area contributed by atoms with Gasteiger partial charge in [-0.3, -0.25) is 9.89 Å². The van der Waals surface area contributed by atoms with E-state index in [2.05, 4.69) is 15.5 Å². The molecule has 5 nitrogen and oxygen atoms in total. The van der Waals surface area contributed by atoms with Crippen molar-refractivity contribution in [3.05, 3.63) is 29.5 Å². The summed E-state index contributed by atoms with van der Waals surface area (Å²) in [4.78, 5) is 12.1. The third-order valence-corrected chi connectivity index (χ3v) is 3.45. The first-order valence-corrected chi connectivity index (χ1v) is 6.58. The van der Waals surface area contributed by atoms with Crippen LogP contribution in [0.25, 0.3) is 10.9 Å². The molecule has 1 fully saturated rings. The number of fused-ring (bicyclic) bond motifs is 1. The first-order chi connectivity index (χ1) is 9.24. The number of aromatic amines is 1. The van der Waals surface area contributed by atoms with E-state index in [-0.39, 0.29) is 12.0 Å². The van der Waals surface area contributed by atoms with Crippen molar-refractivity contribution in [2.45, 2.75) is 25.9 Å². The molecule has 0 aliphatic carbocycles. The molecule has 0 bridgehead atoms. The normalized spacial score (nSPS) is 18.9. The molecule has 1 amide bonds. The molecule has 2 N–H and O–H groups in total. The standard InChI is InChI=1S/C14H17N3O2/c1-9-4-5-12-11(7-9)13(17-16-12)14(18)15-8-10-3-2-6-19-10/h4-5,7,10H,2-3,6,8H2,1H3,(H,15,18)(H,16,17). The minimum Gasteiger partial charge on any atom is -0.376 e. The Kier molecular flexibility index (Phi) is 3.21. The summed E-state index contributed by atoms with van der Waals surface area (Å²) < 4.78 is 5.48. The van der Waals surface area contributed by atoms with E-state index in [0.29, 0.717) is 12.2 Å². The number of hydrogen-bond acceptors (Lipinski definition) is 3. The molecule has 19 heavy (non-hydrogen) atoms. The topological polar surface area (TPSA) is 67.0 Å². The van der Waals surface area contributed by atoms with E-state index in [0.717, 1.165) is 35.9 Å². The molecule has 0 radical (unpaired) electrons. The zero-order valence-electron chi connectivity index (χ0n) is 10.9. The van der Waals surface area contributed by atoms with Crippen LogP contribution in [0.3, 0.4) is 0 Å². The SMILES string of the molecule is Cc1ccc2[nH]nc(C(=O)NCC3CCCO3)c2c1. The molecule has 2 aromatic rings. The Hall–Kier alpha value is -1.88. The molecule has 2 heterocycles.